The van der Waals surface area contributed by atoms with Crippen molar-refractivity contribution in [2.24, 2.45) is 5.73 Å². The van der Waals surface area contributed by atoms with E-state index in [1.54, 1.807) is 0 Å². The number of phosphoric acid groups is 1. The van der Waals surface area contributed by atoms with Crippen molar-refractivity contribution >= 4 is 19.8 Å². The van der Waals surface area contributed by atoms with Crippen molar-refractivity contribution in [1.29, 1.82) is 0 Å². The largest absolute Gasteiger partial charge is 1.00 e. The van der Waals surface area contributed by atoms with Crippen molar-refractivity contribution in [1.82, 2.24) is 0 Å². The number of aliphatic hydroxyl groups excluding tert-OH is 6. The number of esters is 2. The standard InChI is InChI=1S/C63H122NO17P.Na/c1-4-7-10-13-16-19-22-25-28-31-34-37-40-43-46-75-60-58(71)57(70)59(72)61(80-63-54(64)56(69)55(68)51(47-65)79-63)62(60)81-82(73,74)77-49-50(78-53(67)45-42-39-36-33-30-27-24-21-18-15-12-9-6-3)48-76-52(66)44-41-38-35-32-29-26-23-20-17-14-11-8-5-2;/h50-51,54-63,65,68-72H,4-49,64H2,1-3H3,(H,73,74);/q;+1/p-1/t50-,51-,54-,55-,56-,57-,58-,59+,60-,61-,62-,63-;/m1./s1. The maximum absolute atomic E-state index is 14.0. The van der Waals surface area contributed by atoms with Gasteiger partial charge in [-0.25, -0.2) is 0 Å². The molecular formula is C63H121NNaO17P. The van der Waals surface area contributed by atoms with Crippen LogP contribution in [0.4, 0.5) is 0 Å². The molecule has 2 rings (SSSR count). The summed E-state index contributed by atoms with van der Waals surface area (Å²) in [7, 11) is -5.58. The second-order valence-corrected chi connectivity index (χ2v) is 25.2. The Hall–Kier alpha value is -0.350. The van der Waals surface area contributed by atoms with Gasteiger partial charge < -0.3 is 74.0 Å². The molecule has 8 N–H and O–H groups in total. The van der Waals surface area contributed by atoms with E-state index in [0.717, 1.165) is 83.5 Å². The number of phosphoric ester groups is 1. The number of carbonyl (C=O) groups is 2. The first-order chi connectivity index (χ1) is 39.7. The third-order valence-electron chi connectivity index (χ3n) is 16.4. The van der Waals surface area contributed by atoms with Gasteiger partial charge in [-0.3, -0.25) is 14.2 Å². The normalized spacial score (nSPS) is 24.7. The van der Waals surface area contributed by atoms with Gasteiger partial charge in [0.15, 0.2) is 12.4 Å². The molecule has 2 fully saturated rings. The molecule has 0 aromatic carbocycles. The average Bonchev–Trinajstić information content (AvgIpc) is 3.61. The van der Waals surface area contributed by atoms with Crippen molar-refractivity contribution < 1.29 is 112 Å². The fourth-order valence-electron chi connectivity index (χ4n) is 11.1. The summed E-state index contributed by atoms with van der Waals surface area (Å²) in [5.41, 5.74) is 6.17. The van der Waals surface area contributed by atoms with Gasteiger partial charge in [0.25, 0.3) is 7.82 Å². The molecule has 83 heavy (non-hydrogen) atoms. The van der Waals surface area contributed by atoms with Crippen LogP contribution >= 0.6 is 7.82 Å². The van der Waals surface area contributed by atoms with Crippen LogP contribution in [-0.4, -0.2) is 142 Å². The van der Waals surface area contributed by atoms with E-state index in [2.05, 4.69) is 20.8 Å². The Morgan fingerprint density at radius 1 is 0.494 bits per heavy atom. The molecule has 1 saturated heterocycles. The maximum Gasteiger partial charge on any atom is 1.00 e. The number of aliphatic hydroxyl groups is 6. The summed E-state index contributed by atoms with van der Waals surface area (Å²) in [6.45, 7) is 4.58. The van der Waals surface area contributed by atoms with Gasteiger partial charge in [-0.05, 0) is 19.3 Å². The van der Waals surface area contributed by atoms with Crippen molar-refractivity contribution in [3.63, 3.8) is 0 Å². The molecule has 0 bridgehead atoms. The number of hydrogen-bond donors (Lipinski definition) is 7. The minimum Gasteiger partial charge on any atom is -0.756 e. The van der Waals surface area contributed by atoms with Gasteiger partial charge in [0, 0.05) is 19.4 Å². The molecule has 0 spiro atoms. The molecule has 1 heterocycles. The molecule has 486 valence electrons. The van der Waals surface area contributed by atoms with Crippen LogP contribution in [0.25, 0.3) is 0 Å². The minimum atomic E-state index is -5.58. The van der Waals surface area contributed by atoms with Gasteiger partial charge >= 0.3 is 41.5 Å². The number of unbranched alkanes of at least 4 members (excludes halogenated alkanes) is 37. The summed E-state index contributed by atoms with van der Waals surface area (Å²) in [6.07, 6.45) is 26.2. The summed E-state index contributed by atoms with van der Waals surface area (Å²) in [5.74, 6) is -1.16. The molecule has 0 radical (unpaired) electrons. The van der Waals surface area contributed by atoms with Crippen molar-refractivity contribution in [3.05, 3.63) is 0 Å². The zero-order valence-corrected chi connectivity index (χ0v) is 55.5. The molecule has 1 saturated carbocycles. The monoisotopic (exact) mass is 1220 g/mol. The second kappa shape index (κ2) is 52.4. The Balaban J connectivity index is 0.0000344. The van der Waals surface area contributed by atoms with Gasteiger partial charge in [0.05, 0.1) is 19.3 Å². The Kier molecular flexibility index (Phi) is 50.9. The van der Waals surface area contributed by atoms with Gasteiger partial charge in [-0.15, -0.1) is 0 Å². The first-order valence-corrected chi connectivity index (χ1v) is 34.9. The number of ether oxygens (including phenoxy) is 5. The predicted octanol–water partition coefficient (Wildman–Crippen LogP) is 8.39. The van der Waals surface area contributed by atoms with Crippen molar-refractivity contribution in [2.75, 3.05) is 26.4 Å². The smallest absolute Gasteiger partial charge is 0.756 e. The fraction of sp³-hybridized carbons (Fsp3) is 0.968. The molecule has 20 heteroatoms. The van der Waals surface area contributed by atoms with Gasteiger partial charge in [0.2, 0.25) is 0 Å². The molecule has 1 aliphatic heterocycles. The third kappa shape index (κ3) is 38.1. The second-order valence-electron chi connectivity index (χ2n) is 23.9. The van der Waals surface area contributed by atoms with Gasteiger partial charge in [0.1, 0.15) is 61.5 Å². The van der Waals surface area contributed by atoms with E-state index < -0.39 is 113 Å². The van der Waals surface area contributed by atoms with E-state index in [-0.39, 0.29) is 49.0 Å². The van der Waals surface area contributed by atoms with E-state index in [9.17, 15) is 49.7 Å². The van der Waals surface area contributed by atoms with E-state index in [1.165, 1.54) is 154 Å². The Bertz CT molecular complexity index is 1580. The van der Waals surface area contributed by atoms with E-state index in [0.29, 0.717) is 19.3 Å². The SMILES string of the molecule is CCCCCCCCCCCCCCCCO[C@@H]1[C@H](O)[C@@H](O)[C@H](O)[C@@H](O[C@H]2O[C@H](CO)[C@@H](O)[C@H](O)[C@H]2N)[C@@H]1OP(=O)([O-])OC[C@@H](COC(=O)CCCCCCCCCCCCCCC)OC(=O)CCCCCCCCCCCCCCC.[Na+]. The quantitative estimate of drug-likeness (QED) is 0.0130. The van der Waals surface area contributed by atoms with Gasteiger partial charge in [-0.2, -0.15) is 0 Å². The number of rotatable bonds is 55. The molecular weight excluding hydrogens is 1100 g/mol. The number of hydrogen-bond acceptors (Lipinski definition) is 18. The Morgan fingerprint density at radius 2 is 0.867 bits per heavy atom. The zero-order chi connectivity index (χ0) is 60.1. The summed E-state index contributed by atoms with van der Waals surface area (Å²) in [6, 6.07) is -1.50. The summed E-state index contributed by atoms with van der Waals surface area (Å²) in [4.78, 5) is 40.2. The van der Waals surface area contributed by atoms with Crippen molar-refractivity contribution in [3.8, 4) is 0 Å². The van der Waals surface area contributed by atoms with Crippen LogP contribution in [0.15, 0.2) is 0 Å². The van der Waals surface area contributed by atoms with Crippen LogP contribution in [0.1, 0.15) is 290 Å². The number of nitrogens with two attached hydrogens (primary N) is 1. The van der Waals surface area contributed by atoms with E-state index in [4.69, 9.17) is 38.5 Å². The van der Waals surface area contributed by atoms with E-state index in [1.807, 2.05) is 0 Å². The summed E-state index contributed by atoms with van der Waals surface area (Å²) in [5, 5.41) is 64.9. The summed E-state index contributed by atoms with van der Waals surface area (Å²) < 4.78 is 53.8. The van der Waals surface area contributed by atoms with Crippen LogP contribution in [0, 0.1) is 0 Å². The molecule has 18 nitrogen and oxygen atoms in total. The molecule has 0 aromatic heterocycles. The van der Waals surface area contributed by atoms with Crippen LogP contribution in [0.3, 0.4) is 0 Å². The molecule has 0 amide bonds. The molecule has 0 aromatic rings. The van der Waals surface area contributed by atoms with Gasteiger partial charge in [-0.1, -0.05) is 258 Å². The van der Waals surface area contributed by atoms with E-state index >= 15 is 0 Å². The molecule has 1 unspecified atom stereocenters. The maximum atomic E-state index is 14.0. The number of carbonyl (C=O) groups excluding carboxylic acids is 2. The zero-order valence-electron chi connectivity index (χ0n) is 52.7. The fourth-order valence-corrected chi connectivity index (χ4v) is 12.0. The van der Waals surface area contributed by atoms with Crippen molar-refractivity contribution in [2.45, 2.75) is 364 Å². The topological polar surface area (TPSA) is 286 Å². The van der Waals surface area contributed by atoms with Crippen LogP contribution in [-0.2, 0) is 46.9 Å². The first kappa shape index (κ1) is 80.7. The molecule has 2 aliphatic rings. The Labute approximate surface area is 524 Å². The van der Waals surface area contributed by atoms with Crippen LogP contribution < -0.4 is 40.2 Å². The third-order valence-corrected chi connectivity index (χ3v) is 17.4. The molecule has 13 atom stereocenters. The predicted molar refractivity (Wildman–Crippen MR) is 319 cm³/mol. The van der Waals surface area contributed by atoms with Crippen LogP contribution in [0.5, 0.6) is 0 Å². The molecule has 1 aliphatic carbocycles. The Morgan fingerprint density at radius 3 is 1.28 bits per heavy atom. The van der Waals surface area contributed by atoms with Crippen LogP contribution in [0.2, 0.25) is 0 Å². The average molecular weight is 1220 g/mol. The summed E-state index contributed by atoms with van der Waals surface area (Å²) >= 11 is 0. The first-order valence-electron chi connectivity index (χ1n) is 33.4. The minimum absolute atomic E-state index is 0.